The standard InChI is InChI=1S/C22H28F2N4O2S/c1-13(2)19-10-8-16-20(31(30,28(19)4)26-14-5-6-14)12-27(3)21(16)22(29)25-15-7-9-17(23)18(24)11-15/h7,9,11-14,19H,5-6,8,10H2,1-4H3,(H,25,29)/t19-,31?/m1/s1. The van der Waals surface area contributed by atoms with Crippen molar-refractivity contribution in [1.29, 1.82) is 0 Å². The molecule has 1 aliphatic heterocycles. The van der Waals surface area contributed by atoms with E-state index in [4.69, 9.17) is 4.36 Å². The largest absolute Gasteiger partial charge is 0.345 e. The maximum Gasteiger partial charge on any atom is 0.272 e. The van der Waals surface area contributed by atoms with Gasteiger partial charge in [-0.3, -0.25) is 4.79 Å². The van der Waals surface area contributed by atoms with Crippen LogP contribution in [0.1, 0.15) is 49.2 Å². The average molecular weight is 451 g/mol. The van der Waals surface area contributed by atoms with Crippen LogP contribution in [0.5, 0.6) is 0 Å². The maximum absolute atomic E-state index is 14.3. The normalized spacial score (nSPS) is 24.0. The van der Waals surface area contributed by atoms with E-state index >= 15 is 0 Å². The number of anilines is 1. The Bertz CT molecular complexity index is 1150. The zero-order valence-electron chi connectivity index (χ0n) is 18.2. The van der Waals surface area contributed by atoms with Crippen LogP contribution in [0.15, 0.2) is 33.7 Å². The van der Waals surface area contributed by atoms with Crippen molar-refractivity contribution in [1.82, 2.24) is 8.87 Å². The number of aromatic nitrogens is 1. The number of amides is 1. The van der Waals surface area contributed by atoms with Crippen molar-refractivity contribution in [3.05, 3.63) is 47.3 Å². The lowest BCUT2D eigenvalue weighted by Gasteiger charge is -2.31. The average Bonchev–Trinajstić information content (AvgIpc) is 3.45. The van der Waals surface area contributed by atoms with Crippen molar-refractivity contribution in [2.45, 2.75) is 56.5 Å². The fourth-order valence-corrected chi connectivity index (χ4v) is 6.98. The van der Waals surface area contributed by atoms with Crippen molar-refractivity contribution >= 4 is 21.5 Å². The summed E-state index contributed by atoms with van der Waals surface area (Å²) in [4.78, 5) is 13.7. The van der Waals surface area contributed by atoms with Gasteiger partial charge in [-0.25, -0.2) is 21.7 Å². The highest BCUT2D eigenvalue weighted by Gasteiger charge is 2.38. The molecule has 4 rings (SSSR count). The number of halogens is 2. The number of nitrogens with one attached hydrogen (secondary N) is 1. The molecule has 31 heavy (non-hydrogen) atoms. The van der Waals surface area contributed by atoms with Crippen LogP contribution in [0.3, 0.4) is 0 Å². The van der Waals surface area contributed by atoms with Gasteiger partial charge in [-0.05, 0) is 43.7 Å². The lowest BCUT2D eigenvalue weighted by Crippen LogP contribution is -2.39. The highest BCUT2D eigenvalue weighted by molar-refractivity contribution is 7.91. The van der Waals surface area contributed by atoms with E-state index in [-0.39, 0.29) is 23.7 Å². The fourth-order valence-electron chi connectivity index (χ4n) is 4.26. The zero-order valence-corrected chi connectivity index (χ0v) is 19.0. The Hall–Kier alpha value is -2.26. The minimum absolute atomic E-state index is 0.0646. The van der Waals surface area contributed by atoms with E-state index in [0.29, 0.717) is 22.6 Å². The molecular formula is C22H28F2N4O2S. The Morgan fingerprint density at radius 1 is 1.19 bits per heavy atom. The second-order valence-electron chi connectivity index (χ2n) is 8.74. The molecule has 1 aromatic heterocycles. The highest BCUT2D eigenvalue weighted by Crippen LogP contribution is 2.38. The van der Waals surface area contributed by atoms with Crippen LogP contribution in [0, 0.1) is 17.6 Å². The lowest BCUT2D eigenvalue weighted by molar-refractivity contribution is 0.101. The zero-order chi connectivity index (χ0) is 22.5. The molecule has 1 aliphatic carbocycles. The third kappa shape index (κ3) is 4.01. The number of fused-ring (bicyclic) bond motifs is 1. The van der Waals surface area contributed by atoms with Gasteiger partial charge in [0, 0.05) is 43.7 Å². The van der Waals surface area contributed by atoms with Gasteiger partial charge in [-0.2, -0.15) is 0 Å². The number of carbonyl (C=O) groups is 1. The molecule has 0 spiro atoms. The lowest BCUT2D eigenvalue weighted by atomic mass is 9.97. The number of carbonyl (C=O) groups excluding carboxylic acids is 1. The van der Waals surface area contributed by atoms with Crippen LogP contribution in [-0.2, 0) is 23.4 Å². The first-order chi connectivity index (χ1) is 14.6. The van der Waals surface area contributed by atoms with E-state index in [9.17, 15) is 17.8 Å². The molecule has 9 heteroatoms. The predicted molar refractivity (Wildman–Crippen MR) is 116 cm³/mol. The van der Waals surface area contributed by atoms with E-state index in [1.807, 2.05) is 11.4 Å². The second kappa shape index (κ2) is 8.02. The maximum atomic E-state index is 14.3. The van der Waals surface area contributed by atoms with Crippen LogP contribution in [0.25, 0.3) is 0 Å². The Morgan fingerprint density at radius 2 is 1.90 bits per heavy atom. The monoisotopic (exact) mass is 450 g/mol. The molecule has 168 valence electrons. The first-order valence-corrected chi connectivity index (χ1v) is 12.0. The van der Waals surface area contributed by atoms with E-state index < -0.39 is 27.5 Å². The first kappa shape index (κ1) is 22.0. The van der Waals surface area contributed by atoms with Crippen LogP contribution < -0.4 is 5.32 Å². The predicted octanol–water partition coefficient (Wildman–Crippen LogP) is 4.36. The number of hydrogen-bond donors (Lipinski definition) is 1. The van der Waals surface area contributed by atoms with Gasteiger partial charge in [0.05, 0.1) is 10.9 Å². The molecule has 0 saturated heterocycles. The van der Waals surface area contributed by atoms with E-state index in [1.54, 1.807) is 17.8 Å². The summed E-state index contributed by atoms with van der Waals surface area (Å²) in [5.41, 5.74) is 1.25. The van der Waals surface area contributed by atoms with Crippen LogP contribution in [0.4, 0.5) is 14.5 Å². The van der Waals surface area contributed by atoms with Gasteiger partial charge in [-0.1, -0.05) is 13.8 Å². The topological polar surface area (TPSA) is 66.7 Å². The molecule has 2 atom stereocenters. The third-order valence-electron chi connectivity index (χ3n) is 6.08. The number of aryl methyl sites for hydroxylation is 1. The number of hydrogen-bond acceptors (Lipinski definition) is 3. The van der Waals surface area contributed by atoms with Gasteiger partial charge in [0.25, 0.3) is 5.91 Å². The molecule has 1 unspecified atom stereocenters. The van der Waals surface area contributed by atoms with E-state index in [2.05, 4.69) is 19.2 Å². The van der Waals surface area contributed by atoms with Crippen LogP contribution >= 0.6 is 0 Å². The van der Waals surface area contributed by atoms with Gasteiger partial charge in [0.15, 0.2) is 11.6 Å². The molecule has 2 heterocycles. The van der Waals surface area contributed by atoms with Gasteiger partial charge in [0.1, 0.15) is 15.6 Å². The minimum atomic E-state index is -2.87. The van der Waals surface area contributed by atoms with E-state index in [0.717, 1.165) is 31.4 Å². The molecule has 6 nitrogen and oxygen atoms in total. The molecule has 1 saturated carbocycles. The van der Waals surface area contributed by atoms with Crippen molar-refractivity contribution < 1.29 is 17.8 Å². The van der Waals surface area contributed by atoms with Crippen LogP contribution in [-0.4, -0.2) is 38.1 Å². The van der Waals surface area contributed by atoms with Crippen molar-refractivity contribution in [2.24, 2.45) is 17.3 Å². The fraction of sp³-hybridized carbons (Fsp3) is 0.500. The van der Waals surface area contributed by atoms with Gasteiger partial charge >= 0.3 is 0 Å². The Morgan fingerprint density at radius 3 is 2.52 bits per heavy atom. The summed E-state index contributed by atoms with van der Waals surface area (Å²) < 4.78 is 49.4. The molecular weight excluding hydrogens is 422 g/mol. The molecule has 0 bridgehead atoms. The summed E-state index contributed by atoms with van der Waals surface area (Å²) in [6.45, 7) is 4.20. The minimum Gasteiger partial charge on any atom is -0.345 e. The Balaban J connectivity index is 1.78. The molecule has 0 radical (unpaired) electrons. The van der Waals surface area contributed by atoms with Crippen LogP contribution in [0.2, 0.25) is 0 Å². The summed E-state index contributed by atoms with van der Waals surface area (Å²) >= 11 is 0. The molecule has 1 fully saturated rings. The number of rotatable bonds is 4. The smallest absolute Gasteiger partial charge is 0.272 e. The summed E-state index contributed by atoms with van der Waals surface area (Å²) in [7, 11) is 0.723. The van der Waals surface area contributed by atoms with Crippen molar-refractivity contribution in [3.8, 4) is 0 Å². The SMILES string of the molecule is CC(C)[C@H]1CCc2c(cn(C)c2C(=O)Nc2ccc(F)c(F)c2)S(=O)(=NC2CC2)N1C. The van der Waals surface area contributed by atoms with Gasteiger partial charge in [0.2, 0.25) is 0 Å². The Labute approximate surface area is 181 Å². The quantitative estimate of drug-likeness (QED) is 0.752. The third-order valence-corrected chi connectivity index (χ3v) is 8.64. The number of benzene rings is 1. The molecule has 1 N–H and O–H groups in total. The van der Waals surface area contributed by atoms with E-state index in [1.165, 1.54) is 6.07 Å². The highest BCUT2D eigenvalue weighted by atomic mass is 32.2. The molecule has 1 aromatic carbocycles. The summed E-state index contributed by atoms with van der Waals surface area (Å²) in [5.74, 6) is -2.18. The Kier molecular flexibility index (Phi) is 5.68. The summed E-state index contributed by atoms with van der Waals surface area (Å²) in [5, 5.41) is 2.65. The first-order valence-electron chi connectivity index (χ1n) is 10.6. The molecule has 1 amide bonds. The van der Waals surface area contributed by atoms with Gasteiger partial charge < -0.3 is 9.88 Å². The van der Waals surface area contributed by atoms with Crippen molar-refractivity contribution in [2.75, 3.05) is 12.4 Å². The second-order valence-corrected chi connectivity index (χ2v) is 11.0. The molecule has 2 aliphatic rings. The summed E-state index contributed by atoms with van der Waals surface area (Å²) in [6, 6.07) is 3.39. The van der Waals surface area contributed by atoms with Gasteiger partial charge in [-0.15, -0.1) is 0 Å². The summed E-state index contributed by atoms with van der Waals surface area (Å²) in [6.07, 6.45) is 4.93. The molecule has 2 aromatic rings. The van der Waals surface area contributed by atoms with Crippen molar-refractivity contribution in [3.63, 3.8) is 0 Å². The number of nitrogens with zero attached hydrogens (tertiary/aromatic N) is 3.